The van der Waals surface area contributed by atoms with Gasteiger partial charge in [0.25, 0.3) is 0 Å². The molecule has 1 atom stereocenters. The van der Waals surface area contributed by atoms with E-state index in [1.807, 2.05) is 0 Å². The quantitative estimate of drug-likeness (QED) is 0.665. The highest BCUT2D eigenvalue weighted by atomic mass is 16.3. The molecule has 1 rings (SSSR count). The van der Waals surface area contributed by atoms with Crippen LogP contribution in [-0.2, 0) is 0 Å². The second-order valence-electron chi connectivity index (χ2n) is 5.96. The van der Waals surface area contributed by atoms with Crippen LogP contribution in [0.2, 0.25) is 0 Å². The maximum atomic E-state index is 9.58. The first kappa shape index (κ1) is 15.9. The van der Waals surface area contributed by atoms with Gasteiger partial charge in [-0.25, -0.2) is 0 Å². The minimum Gasteiger partial charge on any atom is -0.394 e. The van der Waals surface area contributed by atoms with Crippen LogP contribution in [0.25, 0.3) is 0 Å². The summed E-state index contributed by atoms with van der Waals surface area (Å²) in [5.41, 5.74) is -0.109. The van der Waals surface area contributed by atoms with E-state index < -0.39 is 0 Å². The van der Waals surface area contributed by atoms with Gasteiger partial charge < -0.3 is 15.3 Å². The van der Waals surface area contributed by atoms with Gasteiger partial charge in [0, 0.05) is 18.1 Å². The molecule has 0 aliphatic heterocycles. The second kappa shape index (κ2) is 8.13. The molecule has 1 aliphatic carbocycles. The highest BCUT2D eigenvalue weighted by molar-refractivity contribution is 4.85. The summed E-state index contributed by atoms with van der Waals surface area (Å²) in [5, 5.41) is 13.1. The Morgan fingerprint density at radius 1 is 1.28 bits per heavy atom. The Balaban J connectivity index is 2.38. The Morgan fingerprint density at radius 3 is 2.44 bits per heavy atom. The number of rotatable bonds is 9. The summed E-state index contributed by atoms with van der Waals surface area (Å²) in [5.74, 6) is 0. The lowest BCUT2D eigenvalue weighted by Gasteiger charge is -2.34. The summed E-state index contributed by atoms with van der Waals surface area (Å²) >= 11 is 0. The number of aliphatic hydroxyl groups excluding tert-OH is 1. The molecule has 0 spiro atoms. The number of hydrogen-bond acceptors (Lipinski definition) is 3. The zero-order chi connectivity index (χ0) is 13.4. The van der Waals surface area contributed by atoms with Crippen LogP contribution in [0.5, 0.6) is 0 Å². The smallest absolute Gasteiger partial charge is 0.0611 e. The fraction of sp³-hybridized carbons (Fsp3) is 1.00. The van der Waals surface area contributed by atoms with Crippen LogP contribution in [0.15, 0.2) is 0 Å². The van der Waals surface area contributed by atoms with E-state index in [0.717, 1.165) is 38.5 Å². The first-order valence-electron chi connectivity index (χ1n) is 7.75. The second-order valence-corrected chi connectivity index (χ2v) is 5.96. The Morgan fingerprint density at radius 2 is 1.94 bits per heavy atom. The van der Waals surface area contributed by atoms with Gasteiger partial charge in [-0.05, 0) is 45.7 Å². The van der Waals surface area contributed by atoms with E-state index in [4.69, 9.17) is 0 Å². The van der Waals surface area contributed by atoms with Crippen molar-refractivity contribution < 1.29 is 5.11 Å². The molecule has 0 radical (unpaired) electrons. The molecule has 0 amide bonds. The Hall–Kier alpha value is -0.120. The maximum Gasteiger partial charge on any atom is 0.0611 e. The molecule has 1 fully saturated rings. The Bertz CT molecular complexity index is 217. The van der Waals surface area contributed by atoms with Crippen LogP contribution in [-0.4, -0.2) is 47.8 Å². The van der Waals surface area contributed by atoms with E-state index in [1.165, 1.54) is 25.7 Å². The molecule has 1 unspecified atom stereocenters. The number of nitrogens with one attached hydrogen (secondary N) is 1. The largest absolute Gasteiger partial charge is 0.394 e. The maximum absolute atomic E-state index is 9.58. The van der Waals surface area contributed by atoms with Gasteiger partial charge in [0.05, 0.1) is 6.61 Å². The summed E-state index contributed by atoms with van der Waals surface area (Å²) in [6.07, 6.45) is 7.68. The fourth-order valence-electron chi connectivity index (χ4n) is 2.91. The highest BCUT2D eigenvalue weighted by Gasteiger charge is 2.26. The molecule has 18 heavy (non-hydrogen) atoms. The van der Waals surface area contributed by atoms with E-state index >= 15 is 0 Å². The van der Waals surface area contributed by atoms with Crippen molar-refractivity contribution in [2.75, 3.05) is 26.2 Å². The minimum absolute atomic E-state index is 0.109. The van der Waals surface area contributed by atoms with Crippen molar-refractivity contribution in [1.29, 1.82) is 0 Å². The van der Waals surface area contributed by atoms with Crippen LogP contribution in [0, 0.1) is 0 Å². The van der Waals surface area contributed by atoms with Gasteiger partial charge in [-0.3, -0.25) is 0 Å². The molecule has 0 heterocycles. The summed E-state index contributed by atoms with van der Waals surface area (Å²) in [4.78, 5) is 2.61. The normalized spacial score (nSPS) is 20.5. The van der Waals surface area contributed by atoms with Crippen molar-refractivity contribution in [3.05, 3.63) is 0 Å². The molecule has 0 bridgehead atoms. The molecule has 0 aromatic heterocycles. The Kier molecular flexibility index (Phi) is 7.20. The monoisotopic (exact) mass is 256 g/mol. The van der Waals surface area contributed by atoms with E-state index in [2.05, 4.69) is 31.0 Å². The molecule has 3 nitrogen and oxygen atoms in total. The average Bonchev–Trinajstić information content (AvgIpc) is 2.91. The Labute approximate surface area is 113 Å². The molecule has 2 N–H and O–H groups in total. The molecule has 1 saturated carbocycles. The minimum atomic E-state index is -0.109. The molecule has 0 saturated heterocycles. The molecular weight excluding hydrogens is 224 g/mol. The number of aliphatic hydroxyl groups is 1. The third-order valence-corrected chi connectivity index (χ3v) is 4.35. The highest BCUT2D eigenvalue weighted by Crippen LogP contribution is 2.24. The molecular formula is C15H32N2O. The number of nitrogens with zero attached hydrogens (tertiary/aromatic N) is 1. The SMILES string of the molecule is CCCNC(C)(CO)CCN(CC)C1CCCC1. The van der Waals surface area contributed by atoms with Gasteiger partial charge in [0.15, 0.2) is 0 Å². The summed E-state index contributed by atoms with van der Waals surface area (Å²) < 4.78 is 0. The van der Waals surface area contributed by atoms with Crippen molar-refractivity contribution >= 4 is 0 Å². The first-order chi connectivity index (χ1) is 8.65. The van der Waals surface area contributed by atoms with Gasteiger partial charge in [-0.15, -0.1) is 0 Å². The van der Waals surface area contributed by atoms with Gasteiger partial charge in [-0.1, -0.05) is 26.7 Å². The van der Waals surface area contributed by atoms with E-state index in [9.17, 15) is 5.11 Å². The van der Waals surface area contributed by atoms with E-state index in [-0.39, 0.29) is 12.1 Å². The van der Waals surface area contributed by atoms with Crippen molar-refractivity contribution in [3.63, 3.8) is 0 Å². The van der Waals surface area contributed by atoms with Gasteiger partial charge in [-0.2, -0.15) is 0 Å². The molecule has 0 aromatic carbocycles. The zero-order valence-electron chi connectivity index (χ0n) is 12.5. The van der Waals surface area contributed by atoms with Crippen molar-refractivity contribution in [2.45, 2.75) is 70.9 Å². The lowest BCUT2D eigenvalue weighted by molar-refractivity contribution is 0.131. The predicted molar refractivity (Wildman–Crippen MR) is 77.9 cm³/mol. The fourth-order valence-corrected chi connectivity index (χ4v) is 2.91. The van der Waals surface area contributed by atoms with Crippen molar-refractivity contribution in [2.24, 2.45) is 0 Å². The van der Waals surface area contributed by atoms with Gasteiger partial charge >= 0.3 is 0 Å². The summed E-state index contributed by atoms with van der Waals surface area (Å²) in [6, 6.07) is 0.795. The lowest BCUT2D eigenvalue weighted by Crippen LogP contribution is -2.49. The zero-order valence-corrected chi connectivity index (χ0v) is 12.5. The molecule has 1 aliphatic rings. The third kappa shape index (κ3) is 4.87. The first-order valence-corrected chi connectivity index (χ1v) is 7.75. The third-order valence-electron chi connectivity index (χ3n) is 4.35. The average molecular weight is 256 g/mol. The van der Waals surface area contributed by atoms with E-state index in [1.54, 1.807) is 0 Å². The standard InChI is InChI=1S/C15H32N2O/c1-4-11-16-15(3,13-18)10-12-17(5-2)14-8-6-7-9-14/h14,16,18H,4-13H2,1-3H3. The number of hydrogen-bond donors (Lipinski definition) is 2. The molecule has 0 aromatic rings. The lowest BCUT2D eigenvalue weighted by atomic mass is 9.97. The topological polar surface area (TPSA) is 35.5 Å². The van der Waals surface area contributed by atoms with Crippen LogP contribution in [0.4, 0.5) is 0 Å². The van der Waals surface area contributed by atoms with Crippen LogP contribution in [0.1, 0.15) is 59.3 Å². The van der Waals surface area contributed by atoms with Crippen LogP contribution in [0.3, 0.4) is 0 Å². The summed E-state index contributed by atoms with van der Waals surface area (Å²) in [7, 11) is 0. The van der Waals surface area contributed by atoms with Crippen LogP contribution < -0.4 is 5.32 Å². The van der Waals surface area contributed by atoms with E-state index in [0.29, 0.717) is 0 Å². The van der Waals surface area contributed by atoms with Crippen LogP contribution >= 0.6 is 0 Å². The van der Waals surface area contributed by atoms with Gasteiger partial charge in [0.2, 0.25) is 0 Å². The van der Waals surface area contributed by atoms with Crippen molar-refractivity contribution in [3.8, 4) is 0 Å². The predicted octanol–water partition coefficient (Wildman–Crippen LogP) is 2.39. The van der Waals surface area contributed by atoms with Crippen molar-refractivity contribution in [1.82, 2.24) is 10.2 Å². The molecule has 108 valence electrons. The molecule has 3 heteroatoms. The summed E-state index contributed by atoms with van der Waals surface area (Å²) in [6.45, 7) is 10.0. The van der Waals surface area contributed by atoms with Gasteiger partial charge in [0.1, 0.15) is 0 Å².